The van der Waals surface area contributed by atoms with Crippen molar-refractivity contribution in [3.63, 3.8) is 0 Å². The molecule has 0 saturated heterocycles. The van der Waals surface area contributed by atoms with E-state index >= 15 is 0 Å². The molecule has 0 aromatic heterocycles. The van der Waals surface area contributed by atoms with Gasteiger partial charge in [-0.05, 0) is 17.7 Å². The van der Waals surface area contributed by atoms with Gasteiger partial charge >= 0.3 is 6.18 Å². The summed E-state index contributed by atoms with van der Waals surface area (Å²) in [5.74, 6) is -0.378. The number of hydrogen-bond donors (Lipinski definition) is 1. The predicted molar refractivity (Wildman–Crippen MR) is 45.7 cm³/mol. The summed E-state index contributed by atoms with van der Waals surface area (Å²) in [7, 11) is 0. The Morgan fingerprint density at radius 1 is 1.31 bits per heavy atom. The Bertz CT molecular complexity index is 309. The second-order valence-corrected chi connectivity index (χ2v) is 3.03. The summed E-state index contributed by atoms with van der Waals surface area (Å²) in [6.07, 6.45) is -4.41. The zero-order valence-electron chi connectivity index (χ0n) is 6.40. The van der Waals surface area contributed by atoms with E-state index in [0.717, 1.165) is 6.07 Å². The van der Waals surface area contributed by atoms with Crippen LogP contribution < -0.4 is 0 Å². The van der Waals surface area contributed by atoms with Gasteiger partial charge in [-0.25, -0.2) is 0 Å². The zero-order valence-corrected chi connectivity index (χ0v) is 7.98. The quantitative estimate of drug-likeness (QED) is 0.763. The fourth-order valence-electron chi connectivity index (χ4n) is 0.945. The Morgan fingerprint density at radius 3 is 2.38 bits per heavy atom. The van der Waals surface area contributed by atoms with Crippen LogP contribution in [0.3, 0.4) is 0 Å². The maximum atomic E-state index is 12.3. The molecule has 0 spiro atoms. The molecule has 0 heterocycles. The van der Waals surface area contributed by atoms with Crippen molar-refractivity contribution in [1.82, 2.24) is 0 Å². The molecule has 1 rings (SSSR count). The zero-order chi connectivity index (χ0) is 10.1. The van der Waals surface area contributed by atoms with E-state index in [4.69, 9.17) is 5.11 Å². The van der Waals surface area contributed by atoms with Gasteiger partial charge in [0.1, 0.15) is 5.75 Å². The van der Waals surface area contributed by atoms with Crippen molar-refractivity contribution in [3.8, 4) is 5.75 Å². The molecule has 1 aromatic carbocycles. The molecule has 1 nitrogen and oxygen atoms in total. The number of benzene rings is 1. The third-order valence-electron chi connectivity index (χ3n) is 1.54. The van der Waals surface area contributed by atoms with Gasteiger partial charge < -0.3 is 5.11 Å². The third kappa shape index (κ3) is 2.37. The minimum absolute atomic E-state index is 0.113. The van der Waals surface area contributed by atoms with Gasteiger partial charge in [0.25, 0.3) is 0 Å². The molecule has 0 fully saturated rings. The Balaban J connectivity index is 3.24. The first kappa shape index (κ1) is 10.4. The van der Waals surface area contributed by atoms with Gasteiger partial charge in [-0.15, -0.1) is 0 Å². The summed E-state index contributed by atoms with van der Waals surface area (Å²) >= 11 is 2.94. The highest BCUT2D eigenvalue weighted by molar-refractivity contribution is 9.08. The summed E-state index contributed by atoms with van der Waals surface area (Å²) in [4.78, 5) is 0. The second-order valence-electron chi connectivity index (χ2n) is 2.47. The van der Waals surface area contributed by atoms with Gasteiger partial charge in [-0.1, -0.05) is 22.0 Å². The van der Waals surface area contributed by atoms with Gasteiger partial charge in [-0.2, -0.15) is 13.2 Å². The van der Waals surface area contributed by atoms with E-state index in [1.54, 1.807) is 0 Å². The number of alkyl halides is 4. The molecule has 1 aromatic rings. The fraction of sp³-hybridized carbons (Fsp3) is 0.250. The number of aromatic hydroxyl groups is 1. The maximum absolute atomic E-state index is 12.3. The van der Waals surface area contributed by atoms with Gasteiger partial charge in [0.15, 0.2) is 0 Å². The van der Waals surface area contributed by atoms with E-state index in [1.165, 1.54) is 12.1 Å². The van der Waals surface area contributed by atoms with Crippen LogP contribution in [0.5, 0.6) is 5.75 Å². The van der Waals surface area contributed by atoms with Crippen molar-refractivity contribution in [2.24, 2.45) is 0 Å². The summed E-state index contributed by atoms with van der Waals surface area (Å²) in [5.41, 5.74) is -0.685. The monoisotopic (exact) mass is 254 g/mol. The van der Waals surface area contributed by atoms with Crippen molar-refractivity contribution >= 4 is 15.9 Å². The number of phenols is 1. The lowest BCUT2D eigenvalue weighted by Gasteiger charge is -2.10. The van der Waals surface area contributed by atoms with Crippen molar-refractivity contribution < 1.29 is 18.3 Å². The summed E-state index contributed by atoms with van der Waals surface area (Å²) < 4.78 is 36.9. The Hall–Kier alpha value is -0.710. The van der Waals surface area contributed by atoms with Crippen molar-refractivity contribution in [1.29, 1.82) is 0 Å². The molecule has 0 bridgehead atoms. The predicted octanol–water partition coefficient (Wildman–Crippen LogP) is 3.31. The highest BCUT2D eigenvalue weighted by atomic mass is 79.9. The first-order chi connectivity index (χ1) is 5.95. The summed E-state index contributed by atoms with van der Waals surface area (Å²) in [6, 6.07) is 3.19. The molecule has 72 valence electrons. The molecule has 0 aliphatic carbocycles. The topological polar surface area (TPSA) is 20.2 Å². The molecular weight excluding hydrogens is 249 g/mol. The lowest BCUT2D eigenvalue weighted by atomic mass is 10.1. The molecule has 0 radical (unpaired) electrons. The van der Waals surface area contributed by atoms with Gasteiger partial charge in [-0.3, -0.25) is 0 Å². The molecule has 0 unspecified atom stereocenters. The van der Waals surface area contributed by atoms with Crippen molar-refractivity contribution in [2.45, 2.75) is 11.5 Å². The normalized spacial score (nSPS) is 11.7. The molecule has 5 heteroatoms. The van der Waals surface area contributed by atoms with Crippen LogP contribution >= 0.6 is 15.9 Å². The molecule has 0 saturated carbocycles. The highest BCUT2D eigenvalue weighted by Gasteiger charge is 2.33. The van der Waals surface area contributed by atoms with Crippen LogP contribution in [0, 0.1) is 0 Å². The van der Waals surface area contributed by atoms with E-state index in [1.807, 2.05) is 0 Å². The highest BCUT2D eigenvalue weighted by Crippen LogP contribution is 2.34. The Kier molecular flexibility index (Phi) is 2.85. The molecule has 1 N–H and O–H groups in total. The van der Waals surface area contributed by atoms with Crippen molar-refractivity contribution in [3.05, 3.63) is 29.3 Å². The number of phenolic OH excluding ortho intramolecular Hbond substituents is 1. The first-order valence-electron chi connectivity index (χ1n) is 3.40. The standard InChI is InChI=1S/C8H6BrF3O/c9-4-5-1-2-6(13)3-7(5)8(10,11)12/h1-3,13H,4H2. The molecule has 13 heavy (non-hydrogen) atoms. The number of hydrogen-bond acceptors (Lipinski definition) is 1. The van der Waals surface area contributed by atoms with Crippen LogP contribution in [0.15, 0.2) is 18.2 Å². The van der Waals surface area contributed by atoms with Crippen LogP contribution in [-0.2, 0) is 11.5 Å². The van der Waals surface area contributed by atoms with E-state index in [9.17, 15) is 13.2 Å². The van der Waals surface area contributed by atoms with E-state index in [-0.39, 0.29) is 16.6 Å². The molecule has 0 aliphatic heterocycles. The molecular formula is C8H6BrF3O. The van der Waals surface area contributed by atoms with Crippen LogP contribution in [-0.4, -0.2) is 5.11 Å². The summed E-state index contributed by atoms with van der Waals surface area (Å²) in [5, 5.41) is 8.99. The van der Waals surface area contributed by atoms with Gasteiger partial charge in [0.2, 0.25) is 0 Å². The van der Waals surface area contributed by atoms with Gasteiger partial charge in [0, 0.05) is 5.33 Å². The second kappa shape index (κ2) is 3.57. The van der Waals surface area contributed by atoms with Crippen LogP contribution in [0.4, 0.5) is 13.2 Å². The SMILES string of the molecule is Oc1ccc(CBr)c(C(F)(F)F)c1. The maximum Gasteiger partial charge on any atom is 0.416 e. The number of rotatable bonds is 1. The molecule has 0 atom stereocenters. The summed E-state index contributed by atoms with van der Waals surface area (Å²) in [6.45, 7) is 0. The molecule has 0 aliphatic rings. The first-order valence-corrected chi connectivity index (χ1v) is 4.52. The third-order valence-corrected chi connectivity index (χ3v) is 2.15. The average Bonchev–Trinajstić information content (AvgIpc) is 2.03. The minimum atomic E-state index is -4.41. The minimum Gasteiger partial charge on any atom is -0.508 e. The Morgan fingerprint density at radius 2 is 1.92 bits per heavy atom. The lowest BCUT2D eigenvalue weighted by Crippen LogP contribution is -2.07. The lowest BCUT2D eigenvalue weighted by molar-refractivity contribution is -0.138. The van der Waals surface area contributed by atoms with E-state index < -0.39 is 11.7 Å². The van der Waals surface area contributed by atoms with Crippen LogP contribution in [0.25, 0.3) is 0 Å². The van der Waals surface area contributed by atoms with Gasteiger partial charge in [0.05, 0.1) is 5.56 Å². The molecule has 0 amide bonds. The average molecular weight is 255 g/mol. The largest absolute Gasteiger partial charge is 0.508 e. The van der Waals surface area contributed by atoms with Crippen LogP contribution in [0.1, 0.15) is 11.1 Å². The Labute approximate surface area is 81.3 Å². The smallest absolute Gasteiger partial charge is 0.416 e. The number of halogens is 4. The fourth-order valence-corrected chi connectivity index (χ4v) is 1.43. The van der Waals surface area contributed by atoms with E-state index in [0.29, 0.717) is 0 Å². The van der Waals surface area contributed by atoms with E-state index in [2.05, 4.69) is 15.9 Å². The van der Waals surface area contributed by atoms with Crippen LogP contribution in [0.2, 0.25) is 0 Å². The van der Waals surface area contributed by atoms with Crippen molar-refractivity contribution in [2.75, 3.05) is 0 Å².